The van der Waals surface area contributed by atoms with E-state index in [0.29, 0.717) is 0 Å². The van der Waals surface area contributed by atoms with Gasteiger partial charge in [0.1, 0.15) is 5.75 Å². The number of aryl methyl sites for hydroxylation is 1. The lowest BCUT2D eigenvalue weighted by molar-refractivity contribution is 0.411. The molecule has 2 rings (SSSR count). The summed E-state index contributed by atoms with van der Waals surface area (Å²) in [6.45, 7) is 2.04. The van der Waals surface area contributed by atoms with Crippen LogP contribution in [0, 0.1) is 23.7 Å². The molecule has 2 heteroatoms. The summed E-state index contributed by atoms with van der Waals surface area (Å²) < 4.78 is 5.21. The largest absolute Gasteiger partial charge is 0.496 e. The van der Waals surface area contributed by atoms with E-state index in [-0.39, 0.29) is 5.41 Å². The molecular formula is C13H15NO. The average Bonchev–Trinajstić information content (AvgIpc) is 2.99. The Labute approximate surface area is 90.5 Å². The molecule has 0 amide bonds. The van der Waals surface area contributed by atoms with Crippen LogP contribution in [0.5, 0.6) is 5.75 Å². The van der Waals surface area contributed by atoms with E-state index in [9.17, 15) is 0 Å². The van der Waals surface area contributed by atoms with Crippen molar-refractivity contribution in [1.29, 1.82) is 5.26 Å². The van der Waals surface area contributed by atoms with Crippen LogP contribution in [0.3, 0.4) is 0 Å². The summed E-state index contributed by atoms with van der Waals surface area (Å²) in [5.41, 5.74) is 2.33. The van der Waals surface area contributed by atoms with Crippen molar-refractivity contribution in [2.24, 2.45) is 5.41 Å². The van der Waals surface area contributed by atoms with Crippen LogP contribution in [-0.4, -0.2) is 7.11 Å². The van der Waals surface area contributed by atoms with Gasteiger partial charge in [-0.15, -0.1) is 0 Å². The second-order valence-corrected chi connectivity index (χ2v) is 4.37. The number of nitrogens with zero attached hydrogens (tertiary/aromatic N) is 1. The van der Waals surface area contributed by atoms with Gasteiger partial charge in [-0.25, -0.2) is 0 Å². The molecule has 2 nitrogen and oxygen atoms in total. The van der Waals surface area contributed by atoms with Gasteiger partial charge in [-0.05, 0) is 43.4 Å². The fraction of sp³-hybridized carbons (Fsp3) is 0.462. The molecule has 1 aliphatic rings. The first-order valence-electron chi connectivity index (χ1n) is 5.24. The highest BCUT2D eigenvalue weighted by Gasteiger charge is 2.42. The van der Waals surface area contributed by atoms with E-state index < -0.39 is 0 Å². The molecule has 0 N–H and O–H groups in total. The maximum atomic E-state index is 9.01. The predicted octanol–water partition coefficient (Wildman–Crippen LogP) is 2.85. The highest BCUT2D eigenvalue weighted by Crippen LogP contribution is 2.47. The van der Waals surface area contributed by atoms with E-state index in [2.05, 4.69) is 18.2 Å². The maximum absolute atomic E-state index is 9.01. The van der Waals surface area contributed by atoms with E-state index in [1.807, 2.05) is 13.0 Å². The van der Waals surface area contributed by atoms with Crippen molar-refractivity contribution in [1.82, 2.24) is 0 Å². The number of rotatable bonds is 3. The molecule has 15 heavy (non-hydrogen) atoms. The third-order valence-corrected chi connectivity index (χ3v) is 3.09. The third-order valence-electron chi connectivity index (χ3n) is 3.09. The third kappa shape index (κ3) is 1.97. The number of ether oxygens (including phenoxy) is 1. The minimum Gasteiger partial charge on any atom is -0.496 e. The van der Waals surface area contributed by atoms with Gasteiger partial charge in [-0.2, -0.15) is 5.26 Å². The lowest BCUT2D eigenvalue weighted by Crippen LogP contribution is -2.01. The van der Waals surface area contributed by atoms with Crippen molar-refractivity contribution in [3.8, 4) is 11.8 Å². The first kappa shape index (κ1) is 10.0. The van der Waals surface area contributed by atoms with Crippen molar-refractivity contribution in [2.75, 3.05) is 7.11 Å². The Morgan fingerprint density at radius 1 is 1.47 bits per heavy atom. The molecule has 0 radical (unpaired) electrons. The van der Waals surface area contributed by atoms with Crippen LogP contribution in [0.1, 0.15) is 24.0 Å². The molecule has 78 valence electrons. The lowest BCUT2D eigenvalue weighted by Gasteiger charge is -2.09. The van der Waals surface area contributed by atoms with Crippen LogP contribution in [0.25, 0.3) is 0 Å². The Morgan fingerprint density at radius 3 is 2.67 bits per heavy atom. The van der Waals surface area contributed by atoms with Crippen LogP contribution in [0.4, 0.5) is 0 Å². The molecule has 0 aliphatic heterocycles. The SMILES string of the molecule is COc1ccc(CC2(C#N)CC2)cc1C. The van der Waals surface area contributed by atoms with Gasteiger partial charge in [0.2, 0.25) is 0 Å². The van der Waals surface area contributed by atoms with Crippen LogP contribution in [0.15, 0.2) is 18.2 Å². The summed E-state index contributed by atoms with van der Waals surface area (Å²) in [6.07, 6.45) is 2.98. The number of benzene rings is 1. The van der Waals surface area contributed by atoms with Crippen LogP contribution in [0.2, 0.25) is 0 Å². The lowest BCUT2D eigenvalue weighted by atomic mass is 9.97. The Morgan fingerprint density at radius 2 is 2.20 bits per heavy atom. The van der Waals surface area contributed by atoms with Crippen LogP contribution < -0.4 is 4.74 Å². The maximum Gasteiger partial charge on any atom is 0.121 e. The van der Waals surface area contributed by atoms with Crippen LogP contribution in [-0.2, 0) is 6.42 Å². The molecule has 0 aromatic heterocycles. The Hall–Kier alpha value is -1.49. The number of hydrogen-bond acceptors (Lipinski definition) is 2. The van der Waals surface area contributed by atoms with Gasteiger partial charge in [0.15, 0.2) is 0 Å². The summed E-state index contributed by atoms with van der Waals surface area (Å²) in [6, 6.07) is 8.58. The molecule has 1 aliphatic carbocycles. The van der Waals surface area contributed by atoms with Gasteiger partial charge in [0.05, 0.1) is 18.6 Å². The van der Waals surface area contributed by atoms with Gasteiger partial charge in [0, 0.05) is 0 Å². The molecule has 1 aromatic carbocycles. The van der Waals surface area contributed by atoms with Crippen molar-refractivity contribution in [3.63, 3.8) is 0 Å². The van der Waals surface area contributed by atoms with Gasteiger partial charge in [-0.1, -0.05) is 12.1 Å². The normalized spacial score (nSPS) is 16.9. The Balaban J connectivity index is 2.17. The number of hydrogen-bond donors (Lipinski definition) is 0. The number of methoxy groups -OCH3 is 1. The minimum absolute atomic E-state index is 0.0545. The van der Waals surface area contributed by atoms with E-state index >= 15 is 0 Å². The van der Waals surface area contributed by atoms with E-state index in [0.717, 1.165) is 30.6 Å². The number of nitriles is 1. The van der Waals surface area contributed by atoms with Gasteiger partial charge in [-0.3, -0.25) is 0 Å². The first-order chi connectivity index (χ1) is 7.19. The van der Waals surface area contributed by atoms with Gasteiger partial charge in [0.25, 0.3) is 0 Å². The fourth-order valence-electron chi connectivity index (χ4n) is 1.92. The zero-order valence-corrected chi connectivity index (χ0v) is 9.21. The van der Waals surface area contributed by atoms with E-state index in [1.54, 1.807) is 7.11 Å². The summed E-state index contributed by atoms with van der Waals surface area (Å²) in [4.78, 5) is 0. The molecule has 0 saturated heterocycles. The zero-order valence-electron chi connectivity index (χ0n) is 9.21. The summed E-state index contributed by atoms with van der Waals surface area (Å²) in [5, 5.41) is 9.01. The highest BCUT2D eigenvalue weighted by molar-refractivity contribution is 5.37. The van der Waals surface area contributed by atoms with Crippen LogP contribution >= 0.6 is 0 Å². The second-order valence-electron chi connectivity index (χ2n) is 4.37. The second kappa shape index (κ2) is 3.58. The molecule has 0 spiro atoms. The minimum atomic E-state index is -0.0545. The topological polar surface area (TPSA) is 33.0 Å². The highest BCUT2D eigenvalue weighted by atomic mass is 16.5. The molecule has 1 fully saturated rings. The van der Waals surface area contributed by atoms with E-state index in [1.165, 1.54) is 5.56 Å². The average molecular weight is 201 g/mol. The molecular weight excluding hydrogens is 186 g/mol. The molecule has 0 atom stereocenters. The van der Waals surface area contributed by atoms with Gasteiger partial charge < -0.3 is 4.74 Å². The Kier molecular flexibility index (Phi) is 2.40. The smallest absolute Gasteiger partial charge is 0.121 e. The Bertz CT molecular complexity index is 413. The molecule has 0 bridgehead atoms. The predicted molar refractivity (Wildman–Crippen MR) is 58.7 cm³/mol. The summed E-state index contributed by atoms with van der Waals surface area (Å²) in [7, 11) is 1.68. The molecule has 0 unspecified atom stereocenters. The molecule has 1 saturated carbocycles. The molecule has 1 aromatic rings. The van der Waals surface area contributed by atoms with Crippen molar-refractivity contribution in [2.45, 2.75) is 26.2 Å². The van der Waals surface area contributed by atoms with E-state index in [4.69, 9.17) is 10.00 Å². The fourth-order valence-corrected chi connectivity index (χ4v) is 1.92. The molecule has 0 heterocycles. The quantitative estimate of drug-likeness (QED) is 0.753. The van der Waals surface area contributed by atoms with Crippen molar-refractivity contribution < 1.29 is 4.74 Å². The first-order valence-corrected chi connectivity index (χ1v) is 5.24. The monoisotopic (exact) mass is 201 g/mol. The standard InChI is InChI=1S/C13H15NO/c1-10-7-11(3-4-12(10)15-2)8-13(9-14)5-6-13/h3-4,7H,5-6,8H2,1-2H3. The summed E-state index contributed by atoms with van der Waals surface area (Å²) in [5.74, 6) is 0.917. The summed E-state index contributed by atoms with van der Waals surface area (Å²) >= 11 is 0. The van der Waals surface area contributed by atoms with Crippen molar-refractivity contribution in [3.05, 3.63) is 29.3 Å². The zero-order chi connectivity index (χ0) is 10.9. The van der Waals surface area contributed by atoms with Crippen molar-refractivity contribution >= 4 is 0 Å². The van der Waals surface area contributed by atoms with Gasteiger partial charge >= 0.3 is 0 Å².